The van der Waals surface area contributed by atoms with Gasteiger partial charge >= 0.3 is 0 Å². The van der Waals surface area contributed by atoms with Crippen LogP contribution in [-0.2, 0) is 4.74 Å². The Morgan fingerprint density at radius 3 is 2.84 bits per heavy atom. The van der Waals surface area contributed by atoms with Gasteiger partial charge in [-0.05, 0) is 25.5 Å². The Morgan fingerprint density at radius 1 is 1.20 bits per heavy atom. The molecule has 1 atom stereocenters. The number of ether oxygens (including phenoxy) is 2. The minimum absolute atomic E-state index is 0. The van der Waals surface area contributed by atoms with Crippen molar-refractivity contribution < 1.29 is 9.47 Å². The van der Waals surface area contributed by atoms with Gasteiger partial charge in [0, 0.05) is 31.6 Å². The van der Waals surface area contributed by atoms with Gasteiger partial charge in [-0.1, -0.05) is 18.2 Å². The predicted molar refractivity (Wildman–Crippen MR) is 111 cm³/mol. The summed E-state index contributed by atoms with van der Waals surface area (Å²) in [6.07, 6.45) is 3.12. The van der Waals surface area contributed by atoms with E-state index in [4.69, 9.17) is 15.2 Å². The number of morpholine rings is 1. The van der Waals surface area contributed by atoms with Crippen LogP contribution in [0.3, 0.4) is 0 Å². The Hall–Kier alpha value is -1.06. The first-order valence-electron chi connectivity index (χ1n) is 8.91. The lowest BCUT2D eigenvalue weighted by atomic mass is 10.0. The Bertz CT molecular complexity index is 550. The van der Waals surface area contributed by atoms with Crippen LogP contribution >= 0.6 is 24.0 Å². The first-order chi connectivity index (χ1) is 11.8. The Morgan fingerprint density at radius 2 is 2.00 bits per heavy atom. The van der Waals surface area contributed by atoms with Gasteiger partial charge in [0.05, 0.1) is 25.9 Å². The molecule has 7 heteroatoms. The van der Waals surface area contributed by atoms with Crippen molar-refractivity contribution in [2.75, 3.05) is 46.0 Å². The fourth-order valence-corrected chi connectivity index (χ4v) is 3.19. The molecule has 0 amide bonds. The number of fused-ring (bicyclic) bond motifs is 1. The first kappa shape index (κ1) is 20.3. The van der Waals surface area contributed by atoms with Crippen molar-refractivity contribution in [3.05, 3.63) is 29.8 Å². The zero-order valence-corrected chi connectivity index (χ0v) is 17.0. The molecular weight excluding hydrogens is 431 g/mol. The maximum atomic E-state index is 6.06. The van der Waals surface area contributed by atoms with E-state index >= 15 is 0 Å². The molecule has 1 unspecified atom stereocenters. The average molecular weight is 460 g/mol. The number of unbranched alkanes of at least 4 members (excludes halogenated alkanes) is 1. The summed E-state index contributed by atoms with van der Waals surface area (Å²) in [5.41, 5.74) is 7.22. The summed E-state index contributed by atoms with van der Waals surface area (Å²) in [6.45, 7) is 6.44. The van der Waals surface area contributed by atoms with Gasteiger partial charge < -0.3 is 20.5 Å². The molecule has 1 aromatic carbocycles. The van der Waals surface area contributed by atoms with Crippen LogP contribution in [-0.4, -0.2) is 56.9 Å². The molecule has 25 heavy (non-hydrogen) atoms. The molecule has 2 aliphatic rings. The second-order valence-corrected chi connectivity index (χ2v) is 6.30. The summed E-state index contributed by atoms with van der Waals surface area (Å²) < 4.78 is 11.0. The Kier molecular flexibility index (Phi) is 8.77. The van der Waals surface area contributed by atoms with Crippen LogP contribution in [0.2, 0.25) is 0 Å². The molecule has 1 saturated heterocycles. The van der Waals surface area contributed by atoms with Crippen LogP contribution in [0.1, 0.15) is 30.9 Å². The predicted octanol–water partition coefficient (Wildman–Crippen LogP) is 2.14. The van der Waals surface area contributed by atoms with E-state index in [0.717, 1.165) is 70.0 Å². The highest BCUT2D eigenvalue weighted by atomic mass is 127. The maximum Gasteiger partial charge on any atom is 0.189 e. The van der Waals surface area contributed by atoms with Crippen molar-refractivity contribution in [3.8, 4) is 5.75 Å². The molecule has 2 aliphatic heterocycles. The van der Waals surface area contributed by atoms with Crippen LogP contribution in [0.15, 0.2) is 29.3 Å². The van der Waals surface area contributed by atoms with E-state index in [0.29, 0.717) is 12.6 Å². The number of nitrogens with zero attached hydrogens (tertiary/aromatic N) is 2. The van der Waals surface area contributed by atoms with Crippen molar-refractivity contribution >= 4 is 29.9 Å². The number of hydrogen-bond acceptors (Lipinski definition) is 4. The molecule has 6 nitrogen and oxygen atoms in total. The highest BCUT2D eigenvalue weighted by Gasteiger charge is 2.21. The molecule has 3 rings (SSSR count). The summed E-state index contributed by atoms with van der Waals surface area (Å²) in [7, 11) is 0. The Balaban J connectivity index is 0.00000225. The lowest BCUT2D eigenvalue weighted by Gasteiger charge is -2.27. The minimum Gasteiger partial charge on any atom is -0.493 e. The number of hydrogen-bond donors (Lipinski definition) is 2. The average Bonchev–Trinajstić information content (AvgIpc) is 2.63. The number of benzene rings is 1. The smallest absolute Gasteiger partial charge is 0.189 e. The van der Waals surface area contributed by atoms with E-state index < -0.39 is 0 Å². The largest absolute Gasteiger partial charge is 0.493 e. The van der Waals surface area contributed by atoms with E-state index in [1.165, 1.54) is 0 Å². The minimum atomic E-state index is 0. The van der Waals surface area contributed by atoms with Crippen molar-refractivity contribution in [1.29, 1.82) is 0 Å². The van der Waals surface area contributed by atoms with Crippen LogP contribution in [0.4, 0.5) is 0 Å². The SMILES string of the molecule is I.NC(=NCCCCN1CCOCC1)NC1CCOc2ccccc21. The number of nitrogens with two attached hydrogens (primary N) is 1. The molecule has 0 radical (unpaired) electrons. The highest BCUT2D eigenvalue weighted by Crippen LogP contribution is 2.31. The Labute approximate surface area is 167 Å². The lowest BCUT2D eigenvalue weighted by molar-refractivity contribution is 0.0373. The van der Waals surface area contributed by atoms with Crippen molar-refractivity contribution in [2.24, 2.45) is 10.7 Å². The number of nitrogens with one attached hydrogen (secondary N) is 1. The second-order valence-electron chi connectivity index (χ2n) is 6.30. The van der Waals surface area contributed by atoms with Gasteiger partial charge in [0.15, 0.2) is 5.96 Å². The molecule has 2 heterocycles. The molecule has 0 aliphatic carbocycles. The van der Waals surface area contributed by atoms with Gasteiger partial charge in [0.1, 0.15) is 5.75 Å². The molecular formula is C18H29IN4O2. The number of guanidine groups is 1. The van der Waals surface area contributed by atoms with Crippen LogP contribution in [0.5, 0.6) is 5.75 Å². The van der Waals surface area contributed by atoms with Gasteiger partial charge in [0.25, 0.3) is 0 Å². The van der Waals surface area contributed by atoms with E-state index in [9.17, 15) is 0 Å². The zero-order chi connectivity index (χ0) is 16.6. The number of halogens is 1. The molecule has 1 fully saturated rings. The quantitative estimate of drug-likeness (QED) is 0.295. The van der Waals surface area contributed by atoms with Crippen LogP contribution in [0.25, 0.3) is 0 Å². The second kappa shape index (κ2) is 10.8. The van der Waals surface area contributed by atoms with Gasteiger partial charge in [-0.3, -0.25) is 9.89 Å². The van der Waals surface area contributed by atoms with E-state index in [-0.39, 0.29) is 30.0 Å². The summed E-state index contributed by atoms with van der Waals surface area (Å²) >= 11 is 0. The summed E-state index contributed by atoms with van der Waals surface area (Å²) in [5.74, 6) is 1.47. The van der Waals surface area contributed by atoms with Gasteiger partial charge in [0.2, 0.25) is 0 Å². The standard InChI is InChI=1S/C18H28N4O2.HI/c19-18(20-8-3-4-9-22-10-13-23-14-11-22)21-16-7-12-24-17-6-2-1-5-15(16)17;/h1-2,5-6,16H,3-4,7-14H2,(H3,19,20,21);1H. The third-order valence-electron chi connectivity index (χ3n) is 4.55. The molecule has 3 N–H and O–H groups in total. The molecule has 0 bridgehead atoms. The molecule has 0 spiro atoms. The first-order valence-corrected chi connectivity index (χ1v) is 8.91. The van der Waals surface area contributed by atoms with Gasteiger partial charge in [-0.15, -0.1) is 24.0 Å². The van der Waals surface area contributed by atoms with E-state index in [1.807, 2.05) is 18.2 Å². The molecule has 0 aromatic heterocycles. The summed E-state index contributed by atoms with van der Waals surface area (Å²) in [5, 5.41) is 3.34. The fourth-order valence-electron chi connectivity index (χ4n) is 3.19. The maximum absolute atomic E-state index is 6.06. The molecule has 0 saturated carbocycles. The fraction of sp³-hybridized carbons (Fsp3) is 0.611. The van der Waals surface area contributed by atoms with Crippen molar-refractivity contribution in [2.45, 2.75) is 25.3 Å². The van der Waals surface area contributed by atoms with Crippen molar-refractivity contribution in [1.82, 2.24) is 10.2 Å². The van der Waals surface area contributed by atoms with Crippen molar-refractivity contribution in [3.63, 3.8) is 0 Å². The summed E-state index contributed by atoms with van der Waals surface area (Å²) in [6, 6.07) is 8.30. The van der Waals surface area contributed by atoms with E-state index in [2.05, 4.69) is 21.3 Å². The zero-order valence-electron chi connectivity index (χ0n) is 14.7. The molecule has 1 aromatic rings. The van der Waals surface area contributed by atoms with Gasteiger partial charge in [-0.25, -0.2) is 0 Å². The number of aliphatic imine (C=N–C) groups is 1. The normalized spacial score (nSPS) is 21.0. The summed E-state index contributed by atoms with van der Waals surface area (Å²) in [4.78, 5) is 6.93. The topological polar surface area (TPSA) is 72.1 Å². The van der Waals surface area contributed by atoms with Crippen LogP contribution in [0, 0.1) is 0 Å². The number of para-hydroxylation sites is 1. The highest BCUT2D eigenvalue weighted by molar-refractivity contribution is 14.0. The third kappa shape index (κ3) is 6.31. The lowest BCUT2D eigenvalue weighted by Crippen LogP contribution is -2.37. The van der Waals surface area contributed by atoms with E-state index in [1.54, 1.807) is 0 Å². The van der Waals surface area contributed by atoms with Gasteiger partial charge in [-0.2, -0.15) is 0 Å². The third-order valence-corrected chi connectivity index (χ3v) is 4.55. The monoisotopic (exact) mass is 460 g/mol. The van der Waals surface area contributed by atoms with Crippen LogP contribution < -0.4 is 15.8 Å². The number of rotatable bonds is 6. The molecule has 140 valence electrons.